The maximum Gasteiger partial charge on any atom is 0.134 e. The number of rotatable bonds is 4. The SMILES string of the molecule is CC(C)(C)N1CCC(N(CC=O)C2CCCCC2)CC1. The summed E-state index contributed by atoms with van der Waals surface area (Å²) in [4.78, 5) is 16.2. The van der Waals surface area contributed by atoms with Gasteiger partial charge in [-0.1, -0.05) is 19.3 Å². The first-order chi connectivity index (χ1) is 9.52. The van der Waals surface area contributed by atoms with Gasteiger partial charge >= 0.3 is 0 Å². The van der Waals surface area contributed by atoms with Gasteiger partial charge in [-0.05, 0) is 46.5 Å². The highest BCUT2D eigenvalue weighted by molar-refractivity contribution is 5.52. The normalized spacial score (nSPS) is 24.2. The van der Waals surface area contributed by atoms with Crippen molar-refractivity contribution < 1.29 is 4.79 Å². The molecule has 2 fully saturated rings. The monoisotopic (exact) mass is 280 g/mol. The molecule has 1 saturated heterocycles. The first kappa shape index (κ1) is 16.0. The van der Waals surface area contributed by atoms with E-state index in [1.165, 1.54) is 58.0 Å². The molecular weight excluding hydrogens is 248 g/mol. The molecule has 0 aromatic rings. The lowest BCUT2D eigenvalue weighted by Crippen LogP contribution is -2.53. The molecule has 1 saturated carbocycles. The molecular formula is C17H32N2O. The predicted molar refractivity (Wildman–Crippen MR) is 84.0 cm³/mol. The van der Waals surface area contributed by atoms with Crippen molar-refractivity contribution in [1.29, 1.82) is 0 Å². The first-order valence-corrected chi connectivity index (χ1v) is 8.47. The van der Waals surface area contributed by atoms with E-state index in [0.29, 0.717) is 18.6 Å². The van der Waals surface area contributed by atoms with Crippen LogP contribution in [-0.2, 0) is 4.79 Å². The Kier molecular flexibility index (Phi) is 5.62. The molecule has 20 heavy (non-hydrogen) atoms. The minimum Gasteiger partial charge on any atom is -0.302 e. The van der Waals surface area contributed by atoms with E-state index in [0.717, 1.165) is 6.29 Å². The van der Waals surface area contributed by atoms with Crippen molar-refractivity contribution in [1.82, 2.24) is 9.80 Å². The molecule has 0 atom stereocenters. The Morgan fingerprint density at radius 3 is 2.05 bits per heavy atom. The van der Waals surface area contributed by atoms with E-state index >= 15 is 0 Å². The number of hydrogen-bond donors (Lipinski definition) is 0. The van der Waals surface area contributed by atoms with Crippen LogP contribution in [0.1, 0.15) is 65.7 Å². The topological polar surface area (TPSA) is 23.6 Å². The number of hydrogen-bond acceptors (Lipinski definition) is 3. The average molecular weight is 280 g/mol. The van der Waals surface area contributed by atoms with E-state index in [4.69, 9.17) is 0 Å². The molecule has 0 aromatic heterocycles. The van der Waals surface area contributed by atoms with Crippen LogP contribution in [0, 0.1) is 0 Å². The van der Waals surface area contributed by atoms with Crippen LogP contribution >= 0.6 is 0 Å². The zero-order valence-corrected chi connectivity index (χ0v) is 13.6. The fourth-order valence-corrected chi connectivity index (χ4v) is 3.96. The number of nitrogens with zero attached hydrogens (tertiary/aromatic N) is 2. The van der Waals surface area contributed by atoms with Gasteiger partial charge < -0.3 is 4.79 Å². The summed E-state index contributed by atoms with van der Waals surface area (Å²) < 4.78 is 0. The van der Waals surface area contributed by atoms with Crippen molar-refractivity contribution in [2.24, 2.45) is 0 Å². The predicted octanol–water partition coefficient (Wildman–Crippen LogP) is 3.08. The highest BCUT2D eigenvalue weighted by Gasteiger charge is 2.32. The summed E-state index contributed by atoms with van der Waals surface area (Å²) in [6, 6.07) is 1.29. The van der Waals surface area contributed by atoms with Crippen molar-refractivity contribution in [3.8, 4) is 0 Å². The van der Waals surface area contributed by atoms with E-state index in [1.807, 2.05) is 0 Å². The van der Waals surface area contributed by atoms with Gasteiger partial charge in [0.05, 0.1) is 6.54 Å². The third-order valence-corrected chi connectivity index (χ3v) is 5.21. The van der Waals surface area contributed by atoms with E-state index in [-0.39, 0.29) is 5.54 Å². The maximum atomic E-state index is 11.1. The number of carbonyl (C=O) groups excluding carboxylic acids is 1. The lowest BCUT2D eigenvalue weighted by Gasteiger charge is -2.46. The van der Waals surface area contributed by atoms with Gasteiger partial charge in [-0.15, -0.1) is 0 Å². The largest absolute Gasteiger partial charge is 0.302 e. The molecule has 0 unspecified atom stereocenters. The van der Waals surface area contributed by atoms with Crippen molar-refractivity contribution >= 4 is 6.29 Å². The van der Waals surface area contributed by atoms with Crippen LogP contribution in [0.2, 0.25) is 0 Å². The summed E-state index contributed by atoms with van der Waals surface area (Å²) in [7, 11) is 0. The zero-order valence-electron chi connectivity index (χ0n) is 13.6. The molecule has 3 heteroatoms. The second-order valence-corrected chi connectivity index (χ2v) is 7.54. The van der Waals surface area contributed by atoms with Gasteiger partial charge in [0.15, 0.2) is 0 Å². The van der Waals surface area contributed by atoms with Gasteiger partial charge in [0.2, 0.25) is 0 Å². The van der Waals surface area contributed by atoms with Gasteiger partial charge in [-0.3, -0.25) is 9.80 Å². The van der Waals surface area contributed by atoms with E-state index in [9.17, 15) is 4.79 Å². The molecule has 0 bridgehead atoms. The summed E-state index contributed by atoms with van der Waals surface area (Å²) >= 11 is 0. The number of piperidine rings is 1. The van der Waals surface area contributed by atoms with Crippen LogP contribution in [0.15, 0.2) is 0 Å². The maximum absolute atomic E-state index is 11.1. The van der Waals surface area contributed by atoms with E-state index < -0.39 is 0 Å². The van der Waals surface area contributed by atoms with Gasteiger partial charge in [0.1, 0.15) is 6.29 Å². The minimum absolute atomic E-state index is 0.283. The summed E-state index contributed by atoms with van der Waals surface area (Å²) in [6.07, 6.45) is 10.2. The quantitative estimate of drug-likeness (QED) is 0.739. The smallest absolute Gasteiger partial charge is 0.134 e. The second-order valence-electron chi connectivity index (χ2n) is 7.54. The molecule has 0 aromatic carbocycles. The Morgan fingerprint density at radius 1 is 1.00 bits per heavy atom. The van der Waals surface area contributed by atoms with Crippen LogP contribution < -0.4 is 0 Å². The van der Waals surface area contributed by atoms with Gasteiger partial charge in [-0.2, -0.15) is 0 Å². The van der Waals surface area contributed by atoms with Crippen molar-refractivity contribution in [3.63, 3.8) is 0 Å². The Bertz CT molecular complexity index is 297. The van der Waals surface area contributed by atoms with Crippen molar-refractivity contribution in [2.45, 2.75) is 83.3 Å². The van der Waals surface area contributed by atoms with Crippen LogP contribution in [0.4, 0.5) is 0 Å². The third kappa shape index (κ3) is 4.05. The van der Waals surface area contributed by atoms with E-state index in [2.05, 4.69) is 30.6 Å². The molecule has 0 radical (unpaired) electrons. The van der Waals surface area contributed by atoms with Crippen molar-refractivity contribution in [2.75, 3.05) is 19.6 Å². The molecule has 1 aliphatic heterocycles. The summed E-state index contributed by atoms with van der Waals surface area (Å²) in [5.74, 6) is 0. The Labute approximate surface area is 124 Å². The van der Waals surface area contributed by atoms with Crippen LogP contribution in [-0.4, -0.2) is 53.3 Å². The van der Waals surface area contributed by atoms with E-state index in [1.54, 1.807) is 0 Å². The Morgan fingerprint density at radius 2 is 1.55 bits per heavy atom. The zero-order chi connectivity index (χ0) is 14.6. The molecule has 0 spiro atoms. The molecule has 1 aliphatic carbocycles. The molecule has 2 aliphatic rings. The fourth-order valence-electron chi connectivity index (χ4n) is 3.96. The molecule has 0 N–H and O–H groups in total. The highest BCUT2D eigenvalue weighted by atomic mass is 16.1. The van der Waals surface area contributed by atoms with Crippen LogP contribution in [0.5, 0.6) is 0 Å². The third-order valence-electron chi connectivity index (χ3n) is 5.21. The number of likely N-dealkylation sites (tertiary alicyclic amines) is 1. The van der Waals surface area contributed by atoms with Crippen LogP contribution in [0.25, 0.3) is 0 Å². The second kappa shape index (κ2) is 7.04. The fraction of sp³-hybridized carbons (Fsp3) is 0.941. The average Bonchev–Trinajstić information content (AvgIpc) is 2.45. The molecule has 1 heterocycles. The molecule has 2 rings (SSSR count). The number of aldehydes is 1. The lowest BCUT2D eigenvalue weighted by atomic mass is 9.90. The summed E-state index contributed by atoms with van der Waals surface area (Å²) in [6.45, 7) is 9.91. The molecule has 0 amide bonds. The number of carbonyl (C=O) groups is 1. The molecule has 116 valence electrons. The van der Waals surface area contributed by atoms with Gasteiger partial charge in [-0.25, -0.2) is 0 Å². The van der Waals surface area contributed by atoms with Crippen LogP contribution in [0.3, 0.4) is 0 Å². The standard InChI is InChI=1S/C17H32N2O/c1-17(2,3)18-11-9-16(10-12-18)19(13-14-20)15-7-5-4-6-8-15/h14-16H,4-13H2,1-3H3. The summed E-state index contributed by atoms with van der Waals surface area (Å²) in [5, 5.41) is 0. The minimum atomic E-state index is 0.283. The van der Waals surface area contributed by atoms with Gasteiger partial charge in [0.25, 0.3) is 0 Å². The highest BCUT2D eigenvalue weighted by Crippen LogP contribution is 2.29. The molecule has 3 nitrogen and oxygen atoms in total. The Balaban J connectivity index is 1.92. The van der Waals surface area contributed by atoms with Crippen molar-refractivity contribution in [3.05, 3.63) is 0 Å². The lowest BCUT2D eigenvalue weighted by molar-refractivity contribution is -0.110. The first-order valence-electron chi connectivity index (χ1n) is 8.47. The Hall–Kier alpha value is -0.410. The van der Waals surface area contributed by atoms with Gasteiger partial charge in [0, 0.05) is 30.7 Å². The summed E-state index contributed by atoms with van der Waals surface area (Å²) in [5.41, 5.74) is 0.283.